The number of nitrogens with two attached hydrogens (primary N) is 1. The van der Waals surface area contributed by atoms with Crippen LogP contribution in [0.4, 0.5) is 11.4 Å². The van der Waals surface area contributed by atoms with Gasteiger partial charge in [-0.3, -0.25) is 0 Å². The average molecular weight is 369 g/mol. The number of nitrogens with one attached hydrogen (secondary N) is 1. The van der Waals surface area contributed by atoms with Crippen LogP contribution in [0.5, 0.6) is 0 Å². The molecule has 1 aliphatic rings. The van der Waals surface area contributed by atoms with E-state index in [1.54, 1.807) is 6.92 Å². The summed E-state index contributed by atoms with van der Waals surface area (Å²) in [4.78, 5) is 18.3. The zero-order valence-electron chi connectivity index (χ0n) is 14.9. The maximum Gasteiger partial charge on any atom is 0.350 e. The van der Waals surface area contributed by atoms with Gasteiger partial charge >= 0.3 is 5.97 Å². The molecular weight excluding hydrogens is 346 g/mol. The molecule has 0 spiro atoms. The molecule has 1 fully saturated rings. The molecule has 5 nitrogen and oxygen atoms in total. The number of nitrogen functional groups attached to an aromatic ring is 1. The molecule has 3 aromatic rings. The molecule has 0 radical (unpaired) electrons. The summed E-state index contributed by atoms with van der Waals surface area (Å²) in [7, 11) is 0. The van der Waals surface area contributed by atoms with Gasteiger partial charge in [0.05, 0.1) is 28.9 Å². The summed E-state index contributed by atoms with van der Waals surface area (Å²) in [5.41, 5.74) is 8.78. The van der Waals surface area contributed by atoms with Crippen molar-refractivity contribution in [3.05, 3.63) is 29.1 Å². The first-order valence-corrected chi connectivity index (χ1v) is 10.0. The number of anilines is 2. The fourth-order valence-electron chi connectivity index (χ4n) is 3.73. The Bertz CT molecular complexity index is 960. The largest absolute Gasteiger partial charge is 0.462 e. The molecule has 6 heteroatoms. The lowest BCUT2D eigenvalue weighted by Gasteiger charge is -2.25. The van der Waals surface area contributed by atoms with Crippen molar-refractivity contribution in [3.63, 3.8) is 0 Å². The van der Waals surface area contributed by atoms with Crippen molar-refractivity contribution in [1.29, 1.82) is 0 Å². The monoisotopic (exact) mass is 369 g/mol. The highest BCUT2D eigenvalue weighted by Gasteiger charge is 2.24. The minimum Gasteiger partial charge on any atom is -0.462 e. The standard InChI is InChI=1S/C20H23N3O2S/c1-2-25-20(24)18-16(21)15-17(22-12-8-4-3-5-9-12)13-10-6-7-11-14(13)23-19(15)26-18/h6-7,10-12H,2-5,8-9,21H2,1H3,(H,22,23). The van der Waals surface area contributed by atoms with Gasteiger partial charge in [0.1, 0.15) is 9.71 Å². The summed E-state index contributed by atoms with van der Waals surface area (Å²) in [6.07, 6.45) is 6.12. The van der Waals surface area contributed by atoms with Crippen molar-refractivity contribution < 1.29 is 9.53 Å². The van der Waals surface area contributed by atoms with Crippen LogP contribution in [0, 0.1) is 0 Å². The molecular formula is C20H23N3O2S. The Balaban J connectivity index is 1.90. The van der Waals surface area contributed by atoms with E-state index in [9.17, 15) is 4.79 Å². The zero-order chi connectivity index (χ0) is 18.1. The predicted octanol–water partition coefficient (Wildman–Crippen LogP) is 4.95. The SMILES string of the molecule is CCOC(=O)c1sc2nc3ccccc3c(NC3CCCCC3)c2c1N. The molecule has 3 N–H and O–H groups in total. The fourth-order valence-corrected chi connectivity index (χ4v) is 4.73. The number of ether oxygens (including phenoxy) is 1. The molecule has 0 aliphatic heterocycles. The number of carbonyl (C=O) groups excluding carboxylic acids is 1. The Hall–Kier alpha value is -2.34. The first-order chi connectivity index (χ1) is 12.7. The molecule has 26 heavy (non-hydrogen) atoms. The molecule has 0 amide bonds. The van der Waals surface area contributed by atoms with Crippen molar-refractivity contribution in [2.45, 2.75) is 45.1 Å². The molecule has 0 bridgehead atoms. The van der Waals surface area contributed by atoms with Gasteiger partial charge < -0.3 is 15.8 Å². The lowest BCUT2D eigenvalue weighted by molar-refractivity contribution is 0.0533. The Labute approximate surface area is 156 Å². The van der Waals surface area contributed by atoms with Crippen LogP contribution >= 0.6 is 11.3 Å². The molecule has 2 aromatic heterocycles. The summed E-state index contributed by atoms with van der Waals surface area (Å²) in [5, 5.41) is 5.62. The quantitative estimate of drug-likeness (QED) is 0.636. The lowest BCUT2D eigenvalue weighted by Crippen LogP contribution is -2.22. The van der Waals surface area contributed by atoms with Crippen molar-refractivity contribution in [1.82, 2.24) is 4.98 Å². The molecule has 1 saturated carbocycles. The van der Waals surface area contributed by atoms with Gasteiger partial charge in [0.15, 0.2) is 0 Å². The number of hydrogen-bond donors (Lipinski definition) is 2. The maximum absolute atomic E-state index is 12.3. The van der Waals surface area contributed by atoms with Crippen LogP contribution in [0.15, 0.2) is 24.3 Å². The number of aromatic nitrogens is 1. The lowest BCUT2D eigenvalue weighted by atomic mass is 9.95. The fraction of sp³-hybridized carbons (Fsp3) is 0.400. The van der Waals surface area contributed by atoms with Crippen LogP contribution in [0.2, 0.25) is 0 Å². The van der Waals surface area contributed by atoms with E-state index in [1.807, 2.05) is 18.2 Å². The van der Waals surface area contributed by atoms with Crippen LogP contribution in [0.1, 0.15) is 48.7 Å². The van der Waals surface area contributed by atoms with E-state index in [-0.39, 0.29) is 5.97 Å². The van der Waals surface area contributed by atoms with E-state index < -0.39 is 0 Å². The first kappa shape index (κ1) is 17.1. The van der Waals surface area contributed by atoms with E-state index in [0.717, 1.165) is 39.6 Å². The molecule has 136 valence electrons. The van der Waals surface area contributed by atoms with Gasteiger partial charge in [-0.25, -0.2) is 9.78 Å². The van der Waals surface area contributed by atoms with Gasteiger partial charge in [-0.15, -0.1) is 11.3 Å². The van der Waals surface area contributed by atoms with E-state index in [1.165, 1.54) is 30.6 Å². The number of carbonyl (C=O) groups is 1. The highest BCUT2D eigenvalue weighted by molar-refractivity contribution is 7.21. The number of para-hydroxylation sites is 1. The normalized spacial score (nSPS) is 15.4. The summed E-state index contributed by atoms with van der Waals surface area (Å²) in [6, 6.07) is 8.49. The van der Waals surface area contributed by atoms with Crippen LogP contribution in [-0.4, -0.2) is 23.6 Å². The molecule has 1 aliphatic carbocycles. The number of fused-ring (bicyclic) bond motifs is 2. The van der Waals surface area contributed by atoms with Gasteiger partial charge in [0, 0.05) is 11.4 Å². The third-order valence-corrected chi connectivity index (χ3v) is 6.07. The van der Waals surface area contributed by atoms with E-state index in [2.05, 4.69) is 11.4 Å². The molecule has 0 saturated heterocycles. The minimum absolute atomic E-state index is 0.328. The number of esters is 1. The minimum atomic E-state index is -0.374. The number of rotatable bonds is 4. The Morgan fingerprint density at radius 3 is 2.85 bits per heavy atom. The highest BCUT2D eigenvalue weighted by atomic mass is 32.1. The summed E-state index contributed by atoms with van der Waals surface area (Å²) < 4.78 is 5.17. The molecule has 0 unspecified atom stereocenters. The van der Waals surface area contributed by atoms with Crippen molar-refractivity contribution in [2.75, 3.05) is 17.7 Å². The second-order valence-electron chi connectivity index (χ2n) is 6.73. The number of thiophene rings is 1. The topological polar surface area (TPSA) is 77.2 Å². The van der Waals surface area contributed by atoms with Crippen LogP contribution in [-0.2, 0) is 4.74 Å². The van der Waals surface area contributed by atoms with E-state index in [0.29, 0.717) is 23.2 Å². The van der Waals surface area contributed by atoms with Crippen molar-refractivity contribution >= 4 is 49.8 Å². The third kappa shape index (κ3) is 2.98. The number of nitrogens with zero attached hydrogens (tertiary/aromatic N) is 1. The van der Waals surface area contributed by atoms with E-state index >= 15 is 0 Å². The molecule has 1 aromatic carbocycles. The molecule has 0 atom stereocenters. The second-order valence-corrected chi connectivity index (χ2v) is 7.73. The Kier molecular flexibility index (Phi) is 4.68. The number of benzene rings is 1. The van der Waals surface area contributed by atoms with E-state index in [4.69, 9.17) is 15.5 Å². The average Bonchev–Trinajstić information content (AvgIpc) is 2.99. The van der Waals surface area contributed by atoms with Crippen LogP contribution in [0.25, 0.3) is 21.1 Å². The third-order valence-electron chi connectivity index (χ3n) is 4.99. The highest BCUT2D eigenvalue weighted by Crippen LogP contribution is 2.42. The smallest absolute Gasteiger partial charge is 0.350 e. The molecule has 4 rings (SSSR count). The van der Waals surface area contributed by atoms with Gasteiger partial charge in [-0.1, -0.05) is 37.5 Å². The van der Waals surface area contributed by atoms with Crippen LogP contribution in [0.3, 0.4) is 0 Å². The summed E-state index contributed by atoms with van der Waals surface area (Å²) >= 11 is 1.31. The van der Waals surface area contributed by atoms with Crippen LogP contribution < -0.4 is 11.1 Å². The number of hydrogen-bond acceptors (Lipinski definition) is 6. The molecule has 2 heterocycles. The number of pyridine rings is 1. The van der Waals surface area contributed by atoms with Crippen molar-refractivity contribution in [2.24, 2.45) is 0 Å². The summed E-state index contributed by atoms with van der Waals surface area (Å²) in [5.74, 6) is -0.374. The maximum atomic E-state index is 12.3. The first-order valence-electron chi connectivity index (χ1n) is 9.23. The predicted molar refractivity (Wildman–Crippen MR) is 108 cm³/mol. The van der Waals surface area contributed by atoms with Crippen molar-refractivity contribution in [3.8, 4) is 0 Å². The Morgan fingerprint density at radius 2 is 2.08 bits per heavy atom. The zero-order valence-corrected chi connectivity index (χ0v) is 15.7. The van der Waals surface area contributed by atoms with Gasteiger partial charge in [0.2, 0.25) is 0 Å². The van der Waals surface area contributed by atoms with Gasteiger partial charge in [-0.2, -0.15) is 0 Å². The summed E-state index contributed by atoms with van der Waals surface area (Å²) in [6.45, 7) is 2.12. The van der Waals surface area contributed by atoms with Gasteiger partial charge in [-0.05, 0) is 25.8 Å². The second kappa shape index (κ2) is 7.11. The van der Waals surface area contributed by atoms with Gasteiger partial charge in [0.25, 0.3) is 0 Å². The Morgan fingerprint density at radius 1 is 1.31 bits per heavy atom.